The zero-order valence-corrected chi connectivity index (χ0v) is 13.1. The molecule has 1 unspecified atom stereocenters. The fourth-order valence-electron chi connectivity index (χ4n) is 2.03. The largest absolute Gasteiger partial charge is 0.481 e. The van der Waals surface area contributed by atoms with Gasteiger partial charge in [-0.25, -0.2) is 13.1 Å². The number of aliphatic carboxylic acids is 1. The molecule has 0 radical (unpaired) electrons. The molecule has 0 aliphatic heterocycles. The van der Waals surface area contributed by atoms with Crippen molar-refractivity contribution in [2.24, 2.45) is 0 Å². The third kappa shape index (κ3) is 4.31. The number of carboxylic acid groups (broad SMARTS) is 1. The number of rotatable bonds is 7. The van der Waals surface area contributed by atoms with Crippen molar-refractivity contribution in [2.45, 2.75) is 51.1 Å². The van der Waals surface area contributed by atoms with Crippen molar-refractivity contribution < 1.29 is 18.3 Å². The van der Waals surface area contributed by atoms with Gasteiger partial charge in [0.15, 0.2) is 0 Å². The Morgan fingerprint density at radius 1 is 1.52 bits per heavy atom. The molecule has 1 aromatic rings. The van der Waals surface area contributed by atoms with E-state index in [1.54, 1.807) is 20.8 Å². The summed E-state index contributed by atoms with van der Waals surface area (Å²) in [5, 5.41) is 12.8. The van der Waals surface area contributed by atoms with Crippen molar-refractivity contribution in [3.05, 3.63) is 11.4 Å². The van der Waals surface area contributed by atoms with Gasteiger partial charge in [-0.2, -0.15) is 5.10 Å². The summed E-state index contributed by atoms with van der Waals surface area (Å²) in [5.41, 5.74) is 0.743. The number of aromatic nitrogens is 2. The van der Waals surface area contributed by atoms with Crippen molar-refractivity contribution in [3.63, 3.8) is 0 Å². The monoisotopic (exact) mass is 313 g/mol. The van der Waals surface area contributed by atoms with Crippen LogP contribution in [0.4, 0.5) is 0 Å². The van der Waals surface area contributed by atoms with E-state index in [9.17, 15) is 13.2 Å². The van der Waals surface area contributed by atoms with Gasteiger partial charge in [-0.3, -0.25) is 9.48 Å². The molecule has 1 rings (SSSR count). The molecule has 1 heterocycles. The number of carbonyl (C=O) groups is 1. The normalized spacial score (nSPS) is 12.9. The van der Waals surface area contributed by atoms with E-state index in [2.05, 4.69) is 15.7 Å². The molecule has 0 fully saturated rings. The maximum Gasteiger partial charge on any atom is 0.305 e. The fraction of sp³-hybridized carbons (Fsp3) is 0.538. The first kappa shape index (κ1) is 17.2. The predicted molar refractivity (Wildman–Crippen MR) is 77.2 cm³/mol. The Morgan fingerprint density at radius 3 is 2.67 bits per heavy atom. The molecular formula is C13H19N3O4S. The third-order valence-corrected chi connectivity index (χ3v) is 4.74. The van der Waals surface area contributed by atoms with Gasteiger partial charge in [-0.1, -0.05) is 0 Å². The van der Waals surface area contributed by atoms with Crippen LogP contribution in [-0.4, -0.2) is 35.3 Å². The standard InChI is InChI=1S/C13H19N3O4S/c1-5-6-9(2)15-21(19,20)13-10(3)14-16(11(13)4)8-7-12(17)18/h1,9,15H,6-8H2,2-4H3,(H,17,18). The maximum atomic E-state index is 12.4. The zero-order chi connectivity index (χ0) is 16.2. The Hall–Kier alpha value is -1.85. The van der Waals surface area contributed by atoms with Gasteiger partial charge in [0, 0.05) is 12.5 Å². The number of hydrogen-bond donors (Lipinski definition) is 2. The van der Waals surface area contributed by atoms with Crippen LogP contribution in [0.15, 0.2) is 4.90 Å². The Labute approximate surface area is 124 Å². The third-order valence-electron chi connectivity index (χ3n) is 2.90. The number of hydrogen-bond acceptors (Lipinski definition) is 4. The highest BCUT2D eigenvalue weighted by Gasteiger charge is 2.25. The van der Waals surface area contributed by atoms with Crippen molar-refractivity contribution in [1.82, 2.24) is 14.5 Å². The minimum Gasteiger partial charge on any atom is -0.481 e. The minimum atomic E-state index is -3.74. The van der Waals surface area contributed by atoms with Crippen LogP contribution in [0.5, 0.6) is 0 Å². The number of terminal acetylenes is 1. The first-order valence-electron chi connectivity index (χ1n) is 6.40. The molecule has 0 spiro atoms. The van der Waals surface area contributed by atoms with Gasteiger partial charge in [0.1, 0.15) is 4.90 Å². The van der Waals surface area contributed by atoms with Gasteiger partial charge in [0.2, 0.25) is 10.0 Å². The lowest BCUT2D eigenvalue weighted by Crippen LogP contribution is -2.33. The van der Waals surface area contributed by atoms with Crippen LogP contribution in [0.2, 0.25) is 0 Å². The molecule has 7 nitrogen and oxygen atoms in total. The minimum absolute atomic E-state index is 0.0803. The highest BCUT2D eigenvalue weighted by Crippen LogP contribution is 2.20. The smallest absolute Gasteiger partial charge is 0.305 e. The van der Waals surface area contributed by atoms with Crippen molar-refractivity contribution >= 4 is 16.0 Å². The van der Waals surface area contributed by atoms with Crippen LogP contribution in [-0.2, 0) is 21.4 Å². The average molecular weight is 313 g/mol. The number of aryl methyl sites for hydroxylation is 2. The fourth-order valence-corrected chi connectivity index (χ4v) is 3.69. The molecule has 0 saturated heterocycles. The molecular weight excluding hydrogens is 294 g/mol. The van der Waals surface area contributed by atoms with E-state index in [1.165, 1.54) is 4.68 Å². The number of nitrogens with zero attached hydrogens (tertiary/aromatic N) is 2. The van der Waals surface area contributed by atoms with Crippen LogP contribution in [0.25, 0.3) is 0 Å². The predicted octanol–water partition coefficient (Wildman–Crippen LogP) is 0.665. The lowest BCUT2D eigenvalue weighted by Gasteiger charge is -2.12. The van der Waals surface area contributed by atoms with E-state index >= 15 is 0 Å². The summed E-state index contributed by atoms with van der Waals surface area (Å²) in [6.07, 6.45) is 5.32. The Kier molecular flexibility index (Phi) is 5.52. The van der Waals surface area contributed by atoms with E-state index in [-0.39, 0.29) is 30.3 Å². The van der Waals surface area contributed by atoms with Gasteiger partial charge >= 0.3 is 5.97 Å². The van der Waals surface area contributed by atoms with Gasteiger partial charge < -0.3 is 5.11 Å². The van der Waals surface area contributed by atoms with Crippen LogP contribution < -0.4 is 4.72 Å². The summed E-state index contributed by atoms with van der Waals surface area (Å²) >= 11 is 0. The topological polar surface area (TPSA) is 101 Å². The van der Waals surface area contributed by atoms with E-state index < -0.39 is 16.0 Å². The summed E-state index contributed by atoms with van der Waals surface area (Å²) in [5.74, 6) is 1.43. The number of carboxylic acids is 1. The summed E-state index contributed by atoms with van der Waals surface area (Å²) in [6.45, 7) is 4.97. The second-order valence-electron chi connectivity index (χ2n) is 4.80. The number of nitrogens with one attached hydrogen (secondary N) is 1. The quantitative estimate of drug-likeness (QED) is 0.720. The molecule has 2 N–H and O–H groups in total. The van der Waals surface area contributed by atoms with Crippen LogP contribution >= 0.6 is 0 Å². The van der Waals surface area contributed by atoms with Gasteiger partial charge in [0.25, 0.3) is 0 Å². The van der Waals surface area contributed by atoms with Crippen LogP contribution in [0.3, 0.4) is 0 Å². The van der Waals surface area contributed by atoms with Crippen LogP contribution in [0.1, 0.15) is 31.2 Å². The van der Waals surface area contributed by atoms with E-state index in [0.717, 1.165) is 0 Å². The second kappa shape index (κ2) is 6.74. The zero-order valence-electron chi connectivity index (χ0n) is 12.3. The number of sulfonamides is 1. The molecule has 0 amide bonds. The average Bonchev–Trinajstić information content (AvgIpc) is 2.61. The molecule has 0 saturated carbocycles. The molecule has 0 bridgehead atoms. The Morgan fingerprint density at radius 2 is 2.14 bits per heavy atom. The summed E-state index contributed by atoms with van der Waals surface area (Å²) in [7, 11) is -3.74. The molecule has 1 atom stereocenters. The lowest BCUT2D eigenvalue weighted by molar-refractivity contribution is -0.137. The molecule has 1 aromatic heterocycles. The maximum absolute atomic E-state index is 12.4. The summed E-state index contributed by atoms with van der Waals surface area (Å²) in [4.78, 5) is 10.7. The van der Waals surface area contributed by atoms with Crippen molar-refractivity contribution in [1.29, 1.82) is 0 Å². The SMILES string of the molecule is C#CCC(C)NS(=O)(=O)c1c(C)nn(CCC(=O)O)c1C. The lowest BCUT2D eigenvalue weighted by atomic mass is 10.3. The van der Waals surface area contributed by atoms with Crippen molar-refractivity contribution in [2.75, 3.05) is 0 Å². The Bertz CT molecular complexity index is 670. The molecule has 0 aliphatic rings. The van der Waals surface area contributed by atoms with E-state index in [4.69, 9.17) is 11.5 Å². The van der Waals surface area contributed by atoms with Crippen LogP contribution in [0, 0.1) is 26.2 Å². The van der Waals surface area contributed by atoms with Gasteiger partial charge in [-0.15, -0.1) is 12.3 Å². The Balaban J connectivity index is 3.07. The first-order chi connectivity index (χ1) is 9.69. The summed E-state index contributed by atoms with van der Waals surface area (Å²) in [6, 6.07) is -0.388. The second-order valence-corrected chi connectivity index (χ2v) is 6.45. The molecule has 116 valence electrons. The van der Waals surface area contributed by atoms with Gasteiger partial charge in [0.05, 0.1) is 24.4 Å². The molecule has 8 heteroatoms. The highest BCUT2D eigenvalue weighted by molar-refractivity contribution is 7.89. The first-order valence-corrected chi connectivity index (χ1v) is 7.89. The van der Waals surface area contributed by atoms with E-state index in [0.29, 0.717) is 11.4 Å². The molecule has 21 heavy (non-hydrogen) atoms. The highest BCUT2D eigenvalue weighted by atomic mass is 32.2. The van der Waals surface area contributed by atoms with E-state index in [1.807, 2.05) is 0 Å². The molecule has 0 aliphatic carbocycles. The summed E-state index contributed by atoms with van der Waals surface area (Å²) < 4.78 is 28.6. The van der Waals surface area contributed by atoms with Crippen molar-refractivity contribution in [3.8, 4) is 12.3 Å². The van der Waals surface area contributed by atoms with Gasteiger partial charge in [-0.05, 0) is 20.8 Å². The molecule has 0 aromatic carbocycles.